The van der Waals surface area contributed by atoms with Gasteiger partial charge >= 0.3 is 0 Å². The van der Waals surface area contributed by atoms with Gasteiger partial charge in [0, 0.05) is 23.1 Å². The number of hydrogen-bond donors (Lipinski definition) is 2. The summed E-state index contributed by atoms with van der Waals surface area (Å²) in [5, 5.41) is 6.06. The van der Waals surface area contributed by atoms with Crippen molar-refractivity contribution in [3.63, 3.8) is 0 Å². The summed E-state index contributed by atoms with van der Waals surface area (Å²) in [6, 6.07) is 10.1. The fourth-order valence-corrected chi connectivity index (χ4v) is 2.17. The number of carbonyl (C=O) groups is 1. The van der Waals surface area contributed by atoms with Gasteiger partial charge in [-0.1, -0.05) is 52.5 Å². The molecule has 22 heavy (non-hydrogen) atoms. The first-order valence-corrected chi connectivity index (χ1v) is 7.67. The summed E-state index contributed by atoms with van der Waals surface area (Å²) in [4.78, 5) is 16.0. The number of alkyl halides is 3. The Morgan fingerprint density at radius 3 is 2.55 bits per heavy atom. The number of benzene rings is 1. The lowest BCUT2D eigenvalue weighted by molar-refractivity contribution is 0.0941. The highest BCUT2D eigenvalue weighted by molar-refractivity contribution is 6.68. The molecule has 8 heteroatoms. The van der Waals surface area contributed by atoms with Gasteiger partial charge in [0.25, 0.3) is 5.91 Å². The van der Waals surface area contributed by atoms with Crippen molar-refractivity contribution in [3.8, 4) is 0 Å². The topological polar surface area (TPSA) is 54.0 Å². The maximum absolute atomic E-state index is 12.2. The number of rotatable bonds is 4. The molecule has 0 bridgehead atoms. The average Bonchev–Trinajstić information content (AvgIpc) is 2.46. The van der Waals surface area contributed by atoms with Gasteiger partial charge in [-0.25, -0.2) is 0 Å². The lowest BCUT2D eigenvalue weighted by Crippen LogP contribution is -2.49. The number of carbonyl (C=O) groups excluding carboxylic acids is 1. The standard InChI is InChI=1S/C14H11Cl4N3O/c15-10-4-1-5-11(7-10)20-13(14(16,17)18)21-12(22)9-3-2-6-19-8-9/h1-8,13,20H,(H,21,22). The molecule has 1 atom stereocenters. The smallest absolute Gasteiger partial charge is 0.254 e. The van der Waals surface area contributed by atoms with E-state index < -0.39 is 15.9 Å². The van der Waals surface area contributed by atoms with Crippen molar-refractivity contribution >= 4 is 58.0 Å². The van der Waals surface area contributed by atoms with E-state index in [1.54, 1.807) is 42.6 Å². The van der Waals surface area contributed by atoms with Gasteiger partial charge in [-0.15, -0.1) is 0 Å². The molecule has 1 unspecified atom stereocenters. The van der Waals surface area contributed by atoms with E-state index in [0.717, 1.165) is 0 Å². The number of nitrogens with one attached hydrogen (secondary N) is 2. The third kappa shape index (κ3) is 4.92. The van der Waals surface area contributed by atoms with Crippen LogP contribution in [0.4, 0.5) is 5.69 Å². The van der Waals surface area contributed by atoms with Crippen LogP contribution >= 0.6 is 46.4 Å². The number of anilines is 1. The molecule has 4 nitrogen and oxygen atoms in total. The minimum absolute atomic E-state index is 0.356. The molecule has 0 aliphatic carbocycles. The van der Waals surface area contributed by atoms with Crippen LogP contribution < -0.4 is 10.6 Å². The molecule has 0 saturated heterocycles. The van der Waals surface area contributed by atoms with E-state index in [1.807, 2.05) is 0 Å². The minimum Gasteiger partial charge on any atom is -0.362 e. The van der Waals surface area contributed by atoms with Crippen molar-refractivity contribution in [1.29, 1.82) is 0 Å². The fourth-order valence-electron chi connectivity index (χ4n) is 1.66. The second-order valence-electron chi connectivity index (χ2n) is 4.34. The van der Waals surface area contributed by atoms with Crippen LogP contribution in [0.15, 0.2) is 48.8 Å². The van der Waals surface area contributed by atoms with E-state index in [2.05, 4.69) is 15.6 Å². The molecule has 2 N–H and O–H groups in total. The first-order chi connectivity index (χ1) is 10.4. The maximum atomic E-state index is 12.2. The molecule has 0 aliphatic heterocycles. The summed E-state index contributed by atoms with van der Waals surface area (Å²) in [7, 11) is 0. The normalized spacial score (nSPS) is 12.5. The lowest BCUT2D eigenvalue weighted by atomic mass is 10.2. The predicted molar refractivity (Wildman–Crippen MR) is 90.9 cm³/mol. The molecule has 1 amide bonds. The highest BCUT2D eigenvalue weighted by atomic mass is 35.6. The quantitative estimate of drug-likeness (QED) is 0.616. The van der Waals surface area contributed by atoms with Gasteiger partial charge in [0.05, 0.1) is 5.56 Å². The van der Waals surface area contributed by atoms with E-state index >= 15 is 0 Å². The van der Waals surface area contributed by atoms with Gasteiger partial charge in [-0.05, 0) is 30.3 Å². The van der Waals surface area contributed by atoms with E-state index in [-0.39, 0.29) is 0 Å². The van der Waals surface area contributed by atoms with Crippen molar-refractivity contribution in [2.24, 2.45) is 0 Å². The maximum Gasteiger partial charge on any atom is 0.254 e. The van der Waals surface area contributed by atoms with Gasteiger partial charge in [-0.3, -0.25) is 9.78 Å². The molecule has 0 aliphatic rings. The zero-order valence-corrected chi connectivity index (χ0v) is 14.1. The van der Waals surface area contributed by atoms with Crippen LogP contribution in [0.3, 0.4) is 0 Å². The molecule has 2 aromatic rings. The molecule has 0 fully saturated rings. The number of amides is 1. The summed E-state index contributed by atoms with van der Waals surface area (Å²) < 4.78 is -1.76. The second kappa shape index (κ2) is 7.38. The highest BCUT2D eigenvalue weighted by Crippen LogP contribution is 2.31. The Morgan fingerprint density at radius 1 is 1.18 bits per heavy atom. The molecule has 0 saturated carbocycles. The summed E-state index contributed by atoms with van der Waals surface area (Å²) in [6.07, 6.45) is 2.03. The third-order valence-corrected chi connectivity index (χ3v) is 3.55. The van der Waals surface area contributed by atoms with Crippen LogP contribution in [-0.2, 0) is 0 Å². The molecule has 0 spiro atoms. The molecule has 2 rings (SSSR count). The number of aromatic nitrogens is 1. The number of hydrogen-bond acceptors (Lipinski definition) is 3. The van der Waals surface area contributed by atoms with Gasteiger partial charge in [-0.2, -0.15) is 0 Å². The zero-order chi connectivity index (χ0) is 16.2. The Hall–Kier alpha value is -1.20. The number of pyridine rings is 1. The molecule has 1 aromatic carbocycles. The Morgan fingerprint density at radius 2 is 1.95 bits per heavy atom. The van der Waals surface area contributed by atoms with Gasteiger partial charge in [0.15, 0.2) is 0 Å². The molecule has 116 valence electrons. The van der Waals surface area contributed by atoms with E-state index in [4.69, 9.17) is 46.4 Å². The molecular weight excluding hydrogens is 368 g/mol. The Balaban J connectivity index is 2.15. The third-order valence-electron chi connectivity index (χ3n) is 2.66. The van der Waals surface area contributed by atoms with Crippen molar-refractivity contribution in [2.45, 2.75) is 9.96 Å². The van der Waals surface area contributed by atoms with Crippen molar-refractivity contribution in [2.75, 3.05) is 5.32 Å². The second-order valence-corrected chi connectivity index (χ2v) is 7.15. The Kier molecular flexibility index (Phi) is 5.75. The fraction of sp³-hybridized carbons (Fsp3) is 0.143. The van der Waals surface area contributed by atoms with Crippen molar-refractivity contribution in [1.82, 2.24) is 10.3 Å². The molecular formula is C14H11Cl4N3O. The van der Waals surface area contributed by atoms with Crippen LogP contribution in [0, 0.1) is 0 Å². The summed E-state index contributed by atoms with van der Waals surface area (Å²) >= 11 is 23.7. The van der Waals surface area contributed by atoms with E-state index in [1.165, 1.54) is 6.20 Å². The van der Waals surface area contributed by atoms with Gasteiger partial charge in [0.1, 0.15) is 6.17 Å². The molecule has 1 heterocycles. The predicted octanol–water partition coefficient (Wildman–Crippen LogP) is 4.27. The Bertz CT molecular complexity index is 646. The lowest BCUT2D eigenvalue weighted by Gasteiger charge is -2.27. The zero-order valence-electron chi connectivity index (χ0n) is 11.1. The molecule has 1 aromatic heterocycles. The SMILES string of the molecule is O=C(NC(Nc1cccc(Cl)c1)C(Cl)(Cl)Cl)c1cccnc1. The van der Waals surface area contributed by atoms with Gasteiger partial charge in [0.2, 0.25) is 3.79 Å². The minimum atomic E-state index is -1.76. The largest absolute Gasteiger partial charge is 0.362 e. The summed E-state index contributed by atoms with van der Waals surface area (Å²) in [5.41, 5.74) is 0.963. The first kappa shape index (κ1) is 17.2. The van der Waals surface area contributed by atoms with E-state index in [0.29, 0.717) is 16.3 Å². The highest BCUT2D eigenvalue weighted by Gasteiger charge is 2.34. The van der Waals surface area contributed by atoms with E-state index in [9.17, 15) is 4.79 Å². The van der Waals surface area contributed by atoms with Crippen molar-refractivity contribution < 1.29 is 4.79 Å². The monoisotopic (exact) mass is 377 g/mol. The van der Waals surface area contributed by atoms with Gasteiger partial charge < -0.3 is 10.6 Å². The van der Waals surface area contributed by atoms with Crippen LogP contribution in [0.25, 0.3) is 0 Å². The Labute approximate surface area is 147 Å². The summed E-state index contributed by atoms with van der Waals surface area (Å²) in [6.45, 7) is 0. The number of nitrogens with zero attached hydrogens (tertiary/aromatic N) is 1. The first-order valence-electron chi connectivity index (χ1n) is 6.16. The molecule has 0 radical (unpaired) electrons. The van der Waals surface area contributed by atoms with Crippen LogP contribution in [0.2, 0.25) is 5.02 Å². The van der Waals surface area contributed by atoms with Crippen molar-refractivity contribution in [3.05, 3.63) is 59.4 Å². The average molecular weight is 379 g/mol. The van der Waals surface area contributed by atoms with Crippen LogP contribution in [-0.4, -0.2) is 20.8 Å². The van der Waals surface area contributed by atoms with Crippen LogP contribution in [0.5, 0.6) is 0 Å². The summed E-state index contributed by atoms with van der Waals surface area (Å²) in [5.74, 6) is -0.418. The van der Waals surface area contributed by atoms with Crippen LogP contribution in [0.1, 0.15) is 10.4 Å². The number of halogens is 4.